The van der Waals surface area contributed by atoms with Crippen LogP contribution in [0.4, 0.5) is 5.69 Å². The van der Waals surface area contributed by atoms with E-state index in [9.17, 15) is 4.79 Å². The highest BCUT2D eigenvalue weighted by atomic mass is 16.1. The van der Waals surface area contributed by atoms with Crippen molar-refractivity contribution in [1.82, 2.24) is 15.3 Å². The molecular weight excluding hydrogens is 252 g/mol. The van der Waals surface area contributed by atoms with Gasteiger partial charge in [0.2, 0.25) is 0 Å². The molecule has 1 fully saturated rings. The molecule has 5 heteroatoms. The average Bonchev–Trinajstić information content (AvgIpc) is 2.48. The van der Waals surface area contributed by atoms with E-state index in [1.807, 2.05) is 18.2 Å². The molecule has 0 aliphatic carbocycles. The van der Waals surface area contributed by atoms with Crippen LogP contribution in [-0.2, 0) is 0 Å². The molecule has 1 aliphatic heterocycles. The largest absolute Gasteiger partial charge is 0.366 e. The second kappa shape index (κ2) is 5.46. The van der Waals surface area contributed by atoms with Gasteiger partial charge in [0.05, 0.1) is 17.6 Å². The summed E-state index contributed by atoms with van der Waals surface area (Å²) in [5.41, 5.74) is 3.76. The first-order chi connectivity index (χ1) is 9.75. The maximum atomic E-state index is 11.6. The van der Waals surface area contributed by atoms with Gasteiger partial charge in [-0.15, -0.1) is 0 Å². The van der Waals surface area contributed by atoms with Crippen LogP contribution in [0.25, 0.3) is 11.3 Å². The molecule has 0 amide bonds. The maximum Gasteiger partial charge on any atom is 0.345 e. The highest BCUT2D eigenvalue weighted by Gasteiger charge is 2.17. The van der Waals surface area contributed by atoms with E-state index in [0.717, 1.165) is 48.7 Å². The Morgan fingerprint density at radius 1 is 1.20 bits per heavy atom. The van der Waals surface area contributed by atoms with Gasteiger partial charge in [0.15, 0.2) is 0 Å². The zero-order chi connectivity index (χ0) is 13.9. The number of aryl methyl sites for hydroxylation is 1. The third-order valence-corrected chi connectivity index (χ3v) is 3.66. The van der Waals surface area contributed by atoms with Crippen LogP contribution in [0.5, 0.6) is 0 Å². The summed E-state index contributed by atoms with van der Waals surface area (Å²) in [5.74, 6) is 0. The van der Waals surface area contributed by atoms with Crippen molar-refractivity contribution in [2.45, 2.75) is 6.92 Å². The van der Waals surface area contributed by atoms with Crippen LogP contribution in [0.1, 0.15) is 5.56 Å². The first kappa shape index (κ1) is 12.9. The standard InChI is InChI=1S/C15H18N4O/c1-11-4-2-3-5-12(11)14-13(10-17-15(20)18-14)19-8-6-16-7-9-19/h2-5,10,16H,6-9H2,1H3,(H,17,18,20). The monoisotopic (exact) mass is 270 g/mol. The number of H-pyrrole nitrogens is 1. The average molecular weight is 270 g/mol. The number of hydrogen-bond acceptors (Lipinski definition) is 4. The van der Waals surface area contributed by atoms with Crippen LogP contribution in [0.2, 0.25) is 0 Å². The summed E-state index contributed by atoms with van der Waals surface area (Å²) in [6, 6.07) is 8.08. The predicted molar refractivity (Wildman–Crippen MR) is 80.1 cm³/mol. The minimum atomic E-state index is -0.304. The first-order valence-electron chi connectivity index (χ1n) is 6.87. The van der Waals surface area contributed by atoms with Crippen molar-refractivity contribution >= 4 is 5.69 Å². The van der Waals surface area contributed by atoms with Crippen LogP contribution in [0.3, 0.4) is 0 Å². The first-order valence-corrected chi connectivity index (χ1v) is 6.87. The van der Waals surface area contributed by atoms with Crippen molar-refractivity contribution in [3.63, 3.8) is 0 Å². The van der Waals surface area contributed by atoms with Gasteiger partial charge in [0.1, 0.15) is 0 Å². The third kappa shape index (κ3) is 2.44. The van der Waals surface area contributed by atoms with E-state index in [4.69, 9.17) is 0 Å². The number of nitrogens with one attached hydrogen (secondary N) is 2. The van der Waals surface area contributed by atoms with Crippen molar-refractivity contribution in [2.24, 2.45) is 0 Å². The van der Waals surface area contributed by atoms with E-state index in [2.05, 4.69) is 33.2 Å². The van der Waals surface area contributed by atoms with E-state index >= 15 is 0 Å². The number of aromatic amines is 1. The van der Waals surface area contributed by atoms with E-state index in [-0.39, 0.29) is 5.69 Å². The van der Waals surface area contributed by atoms with Gasteiger partial charge >= 0.3 is 5.69 Å². The van der Waals surface area contributed by atoms with E-state index in [1.165, 1.54) is 0 Å². The van der Waals surface area contributed by atoms with Gasteiger partial charge in [0, 0.05) is 31.7 Å². The van der Waals surface area contributed by atoms with Gasteiger partial charge in [-0.25, -0.2) is 4.79 Å². The van der Waals surface area contributed by atoms with Crippen molar-refractivity contribution in [2.75, 3.05) is 31.1 Å². The molecule has 1 saturated heterocycles. The molecule has 0 bridgehead atoms. The normalized spacial score (nSPS) is 15.3. The van der Waals surface area contributed by atoms with Gasteiger partial charge in [-0.2, -0.15) is 4.98 Å². The SMILES string of the molecule is Cc1ccccc1-c1[nH]c(=O)ncc1N1CCNCC1. The summed E-state index contributed by atoms with van der Waals surface area (Å²) >= 11 is 0. The van der Waals surface area contributed by atoms with E-state index in [0.29, 0.717) is 0 Å². The Morgan fingerprint density at radius 2 is 1.95 bits per heavy atom. The Hall–Kier alpha value is -2.14. The van der Waals surface area contributed by atoms with Gasteiger partial charge in [0.25, 0.3) is 0 Å². The molecule has 104 valence electrons. The highest BCUT2D eigenvalue weighted by Crippen LogP contribution is 2.29. The quantitative estimate of drug-likeness (QED) is 0.859. The lowest BCUT2D eigenvalue weighted by Gasteiger charge is -2.30. The van der Waals surface area contributed by atoms with Crippen molar-refractivity contribution in [3.8, 4) is 11.3 Å². The lowest BCUT2D eigenvalue weighted by Crippen LogP contribution is -2.44. The zero-order valence-corrected chi connectivity index (χ0v) is 11.5. The molecule has 0 spiro atoms. The van der Waals surface area contributed by atoms with Crippen LogP contribution in [0.15, 0.2) is 35.3 Å². The minimum absolute atomic E-state index is 0.304. The molecule has 5 nitrogen and oxygen atoms in total. The minimum Gasteiger partial charge on any atom is -0.366 e. The molecule has 3 rings (SSSR count). The summed E-state index contributed by atoms with van der Waals surface area (Å²) in [4.78, 5) is 20.7. The number of nitrogens with zero attached hydrogens (tertiary/aromatic N) is 2. The molecule has 2 heterocycles. The predicted octanol–water partition coefficient (Wildman–Crippen LogP) is 1.15. The van der Waals surface area contributed by atoms with Crippen molar-refractivity contribution in [3.05, 3.63) is 46.5 Å². The van der Waals surface area contributed by atoms with E-state index in [1.54, 1.807) is 6.20 Å². The number of rotatable bonds is 2. The number of piperazine rings is 1. The van der Waals surface area contributed by atoms with Crippen molar-refractivity contribution < 1.29 is 0 Å². The van der Waals surface area contributed by atoms with Crippen molar-refractivity contribution in [1.29, 1.82) is 0 Å². The number of benzene rings is 1. The number of hydrogen-bond donors (Lipinski definition) is 2. The van der Waals surface area contributed by atoms with Gasteiger partial charge in [-0.05, 0) is 12.5 Å². The summed E-state index contributed by atoms with van der Waals surface area (Å²) in [6.07, 6.45) is 1.69. The topological polar surface area (TPSA) is 61.0 Å². The Kier molecular flexibility index (Phi) is 3.52. The molecule has 20 heavy (non-hydrogen) atoms. The fraction of sp³-hybridized carbons (Fsp3) is 0.333. The summed E-state index contributed by atoms with van der Waals surface area (Å²) in [6.45, 7) is 5.80. The molecule has 0 saturated carbocycles. The third-order valence-electron chi connectivity index (χ3n) is 3.66. The Morgan fingerprint density at radius 3 is 2.70 bits per heavy atom. The van der Waals surface area contributed by atoms with Crippen LogP contribution in [-0.4, -0.2) is 36.1 Å². The summed E-state index contributed by atoms with van der Waals surface area (Å²) in [5, 5.41) is 3.33. The van der Waals surface area contributed by atoms with Crippen LogP contribution < -0.4 is 15.9 Å². The highest BCUT2D eigenvalue weighted by molar-refractivity contribution is 5.76. The Bertz CT molecular complexity index is 659. The molecule has 0 unspecified atom stereocenters. The molecule has 2 aromatic rings. The Balaban J connectivity index is 2.11. The lowest BCUT2D eigenvalue weighted by molar-refractivity contribution is 0.588. The maximum absolute atomic E-state index is 11.6. The molecule has 2 N–H and O–H groups in total. The molecule has 1 aliphatic rings. The molecule has 0 radical (unpaired) electrons. The molecular formula is C15H18N4O. The zero-order valence-electron chi connectivity index (χ0n) is 11.5. The fourth-order valence-electron chi connectivity index (χ4n) is 2.59. The second-order valence-electron chi connectivity index (χ2n) is 5.00. The van der Waals surface area contributed by atoms with Crippen LogP contribution in [0, 0.1) is 6.92 Å². The van der Waals surface area contributed by atoms with Gasteiger partial charge in [-0.1, -0.05) is 24.3 Å². The lowest BCUT2D eigenvalue weighted by atomic mass is 10.0. The van der Waals surface area contributed by atoms with Gasteiger partial charge in [-0.3, -0.25) is 0 Å². The summed E-state index contributed by atoms with van der Waals surface area (Å²) in [7, 11) is 0. The Labute approximate surface area is 117 Å². The number of aromatic nitrogens is 2. The summed E-state index contributed by atoms with van der Waals surface area (Å²) < 4.78 is 0. The second-order valence-corrected chi connectivity index (χ2v) is 5.00. The van der Waals surface area contributed by atoms with E-state index < -0.39 is 0 Å². The molecule has 0 atom stereocenters. The molecule has 1 aromatic heterocycles. The smallest absolute Gasteiger partial charge is 0.345 e. The molecule has 1 aromatic carbocycles. The van der Waals surface area contributed by atoms with Gasteiger partial charge < -0.3 is 15.2 Å². The van der Waals surface area contributed by atoms with Crippen LogP contribution >= 0.6 is 0 Å². The number of anilines is 1. The fourth-order valence-corrected chi connectivity index (χ4v) is 2.59.